The average Bonchev–Trinajstić information content (AvgIpc) is 3.90. The van der Waals surface area contributed by atoms with Crippen LogP contribution in [0.25, 0.3) is 71.5 Å². The standard InChI is InChI=1S/C24H19ClN6O.C19H13ClN4O.C5H8N2O/c1-27-20(24(32)30(2)3)12-15-5-4-6-18(11-15)31-13-19(16-7-9-17(25)10-8-16)21-22(26)28-14-29-23(21)31;20-14-6-4-13(5-7-14)16-9-24(15-3-1-2-12(8-15)10-25)19-17(16)18(21)22-11-23-19;1-6-4-5(8)7(2)3/h4-14H,2-3H3,(H2,26,28,29);1-11H,(H2,21,22,23);4H2,2-3H3/b20-12-;;. The van der Waals surface area contributed by atoms with Crippen molar-refractivity contribution in [2.45, 2.75) is 0 Å². The van der Waals surface area contributed by atoms with Gasteiger partial charge in [-0.15, -0.1) is 0 Å². The number of rotatable bonds is 8. The molecule has 0 unspecified atom stereocenters. The predicted molar refractivity (Wildman–Crippen MR) is 256 cm³/mol. The number of amides is 2. The minimum absolute atomic E-state index is 0.0347. The number of nitrogens with two attached hydrogens (primary N) is 2. The predicted octanol–water partition coefficient (Wildman–Crippen LogP) is 8.80. The molecule has 17 heteroatoms. The molecule has 2 amide bonds. The van der Waals surface area contributed by atoms with Gasteiger partial charge in [-0.1, -0.05) is 71.7 Å². The fraction of sp³-hybridized carbons (Fsp3) is 0.104. The highest BCUT2D eigenvalue weighted by Crippen LogP contribution is 2.36. The highest BCUT2D eigenvalue weighted by atomic mass is 35.5. The van der Waals surface area contributed by atoms with E-state index in [1.807, 2.05) is 106 Å². The number of benzene rings is 4. The summed E-state index contributed by atoms with van der Waals surface area (Å²) in [5, 5.41) is 2.81. The van der Waals surface area contributed by atoms with Crippen molar-refractivity contribution in [3.63, 3.8) is 0 Å². The van der Waals surface area contributed by atoms with Gasteiger partial charge in [0.1, 0.15) is 30.6 Å². The molecule has 0 aliphatic rings. The molecular weight excluding hydrogens is 864 g/mol. The zero-order valence-electron chi connectivity index (χ0n) is 35.5. The summed E-state index contributed by atoms with van der Waals surface area (Å²) in [6, 6.07) is 29.8. The van der Waals surface area contributed by atoms with E-state index < -0.39 is 0 Å². The molecule has 15 nitrogen and oxygen atoms in total. The van der Waals surface area contributed by atoms with Crippen LogP contribution in [-0.4, -0.2) is 91.7 Å². The fourth-order valence-corrected chi connectivity index (χ4v) is 6.76. The van der Waals surface area contributed by atoms with Crippen LogP contribution in [-0.2, 0) is 9.59 Å². The van der Waals surface area contributed by atoms with Gasteiger partial charge in [0, 0.05) is 78.7 Å². The summed E-state index contributed by atoms with van der Waals surface area (Å²) < 4.78 is 3.82. The minimum atomic E-state index is -0.345. The molecule has 0 aliphatic carbocycles. The number of halogens is 2. The van der Waals surface area contributed by atoms with E-state index in [2.05, 4.69) is 29.6 Å². The van der Waals surface area contributed by atoms with E-state index in [0.29, 0.717) is 38.5 Å². The third-order valence-corrected chi connectivity index (χ3v) is 10.2. The second-order valence-corrected chi connectivity index (χ2v) is 15.4. The topological polar surface area (TPSA) is 180 Å². The lowest BCUT2D eigenvalue weighted by Gasteiger charge is -2.09. The monoisotopic (exact) mass is 902 g/mol. The van der Waals surface area contributed by atoms with Crippen molar-refractivity contribution in [1.29, 1.82) is 0 Å². The van der Waals surface area contributed by atoms with Crippen molar-refractivity contribution < 1.29 is 14.4 Å². The number of nitrogen functional groups attached to an aromatic ring is 2. The van der Waals surface area contributed by atoms with Crippen LogP contribution >= 0.6 is 23.2 Å². The van der Waals surface area contributed by atoms with Crippen LogP contribution in [0.2, 0.25) is 10.0 Å². The molecule has 4 heterocycles. The Balaban J connectivity index is 0.000000188. The molecule has 0 radical (unpaired) electrons. The quantitative estimate of drug-likeness (QED) is 0.0856. The summed E-state index contributed by atoms with van der Waals surface area (Å²) in [4.78, 5) is 60.0. The highest BCUT2D eigenvalue weighted by molar-refractivity contribution is 6.31. The van der Waals surface area contributed by atoms with Crippen molar-refractivity contribution >= 4 is 81.1 Å². The molecule has 0 saturated heterocycles. The van der Waals surface area contributed by atoms with Crippen LogP contribution in [0.15, 0.2) is 128 Å². The van der Waals surface area contributed by atoms with Gasteiger partial charge < -0.3 is 35.2 Å². The van der Waals surface area contributed by atoms with E-state index >= 15 is 0 Å². The summed E-state index contributed by atoms with van der Waals surface area (Å²) in [5.74, 6) is 0.296. The van der Waals surface area contributed by atoms with Crippen LogP contribution in [0.3, 0.4) is 0 Å². The molecule has 65 heavy (non-hydrogen) atoms. The van der Waals surface area contributed by atoms with Crippen molar-refractivity contribution in [3.8, 4) is 33.6 Å². The molecule has 4 aromatic heterocycles. The van der Waals surface area contributed by atoms with Crippen molar-refractivity contribution in [2.24, 2.45) is 0 Å². The van der Waals surface area contributed by atoms with Crippen LogP contribution < -0.4 is 11.5 Å². The third-order valence-electron chi connectivity index (χ3n) is 9.73. The summed E-state index contributed by atoms with van der Waals surface area (Å²) in [7, 11) is 6.50. The Bertz CT molecular complexity index is 3160. The van der Waals surface area contributed by atoms with E-state index in [0.717, 1.165) is 56.3 Å². The Labute approximate surface area is 384 Å². The number of carbonyl (C=O) groups excluding carboxylic acids is 3. The number of nitrogens with zero attached hydrogens (tertiary/aromatic N) is 10. The number of anilines is 2. The summed E-state index contributed by atoms with van der Waals surface area (Å²) in [5.41, 5.74) is 20.3. The lowest BCUT2D eigenvalue weighted by atomic mass is 10.1. The molecule has 0 bridgehead atoms. The van der Waals surface area contributed by atoms with Gasteiger partial charge in [-0.3, -0.25) is 14.4 Å². The Hall–Kier alpha value is -8.37. The fourth-order valence-electron chi connectivity index (χ4n) is 6.51. The van der Waals surface area contributed by atoms with E-state index in [4.69, 9.17) is 47.8 Å². The summed E-state index contributed by atoms with van der Waals surface area (Å²) in [6.45, 7) is 13.6. The minimum Gasteiger partial charge on any atom is -0.383 e. The van der Waals surface area contributed by atoms with Crippen LogP contribution in [0.4, 0.5) is 11.6 Å². The van der Waals surface area contributed by atoms with E-state index in [1.54, 1.807) is 46.4 Å². The average molecular weight is 904 g/mol. The van der Waals surface area contributed by atoms with E-state index in [9.17, 15) is 14.4 Å². The Kier molecular flexibility index (Phi) is 14.7. The highest BCUT2D eigenvalue weighted by Gasteiger charge is 2.18. The number of aldehydes is 1. The van der Waals surface area contributed by atoms with E-state index in [1.165, 1.54) is 22.5 Å². The van der Waals surface area contributed by atoms with Crippen molar-refractivity contribution in [1.82, 2.24) is 38.9 Å². The number of carbonyl (C=O) groups is 3. The number of likely N-dealkylation sites (N-methyl/N-ethyl adjacent to an activating group) is 2. The van der Waals surface area contributed by atoms with Crippen molar-refractivity contribution in [2.75, 3.05) is 46.2 Å². The Morgan fingerprint density at radius 3 is 1.54 bits per heavy atom. The SMILES string of the molecule is Nc1ncnc2c1c(-c1ccc(Cl)cc1)cn2-c1cccc(C=O)c1.[C-]#[N+]/C(=C\c1cccc(-n2cc(-c3ccc(Cl)cc3)c3c(N)ncnc32)c1)C(=O)N(C)C.[C-]#[N+]CC(=O)N(C)C. The molecular formula is C48H40Cl2N12O3. The number of aromatic nitrogens is 6. The molecule has 8 aromatic rings. The van der Waals surface area contributed by atoms with Crippen LogP contribution in [0, 0.1) is 13.1 Å². The van der Waals surface area contributed by atoms with Gasteiger partial charge in [-0.2, -0.15) is 0 Å². The summed E-state index contributed by atoms with van der Waals surface area (Å²) in [6.07, 6.45) is 9.15. The zero-order valence-corrected chi connectivity index (χ0v) is 37.0. The molecule has 0 spiro atoms. The molecule has 0 saturated carbocycles. The Morgan fingerprint density at radius 2 is 1.14 bits per heavy atom. The number of hydrogen-bond donors (Lipinski definition) is 2. The number of fused-ring (bicyclic) bond motifs is 2. The third kappa shape index (κ3) is 10.6. The molecule has 324 valence electrons. The molecule has 8 rings (SSSR count). The van der Waals surface area contributed by atoms with Gasteiger partial charge >= 0.3 is 5.91 Å². The van der Waals surface area contributed by atoms with Gasteiger partial charge in [0.25, 0.3) is 18.1 Å². The maximum absolute atomic E-state index is 12.2. The summed E-state index contributed by atoms with van der Waals surface area (Å²) >= 11 is 12.0. The Morgan fingerprint density at radius 1 is 0.677 bits per heavy atom. The first kappa shape index (κ1) is 46.1. The number of hydrogen-bond acceptors (Lipinski definition) is 9. The first-order valence-electron chi connectivity index (χ1n) is 19.5. The smallest absolute Gasteiger partial charge is 0.302 e. The van der Waals surface area contributed by atoms with Crippen LogP contribution in [0.1, 0.15) is 15.9 Å². The first-order valence-corrected chi connectivity index (χ1v) is 20.2. The van der Waals surface area contributed by atoms with Crippen molar-refractivity contribution in [3.05, 3.63) is 172 Å². The zero-order chi connectivity index (χ0) is 46.8. The molecule has 0 aliphatic heterocycles. The van der Waals surface area contributed by atoms with E-state index in [-0.39, 0.29) is 24.1 Å². The lowest BCUT2D eigenvalue weighted by Crippen LogP contribution is -2.23. The second kappa shape index (κ2) is 20.7. The van der Waals surface area contributed by atoms with Gasteiger partial charge in [0.05, 0.1) is 17.3 Å². The largest absolute Gasteiger partial charge is 0.383 e. The van der Waals surface area contributed by atoms with Crippen LogP contribution in [0.5, 0.6) is 0 Å². The van der Waals surface area contributed by atoms with Gasteiger partial charge in [-0.25, -0.2) is 31.4 Å². The second-order valence-electron chi connectivity index (χ2n) is 14.5. The van der Waals surface area contributed by atoms with Gasteiger partial charge in [0.15, 0.2) is 11.3 Å². The molecule has 0 atom stereocenters. The normalized spacial score (nSPS) is 10.7. The van der Waals surface area contributed by atoms with Gasteiger partial charge in [-0.05, 0) is 71.3 Å². The molecule has 0 fully saturated rings. The molecule has 4 aromatic carbocycles. The maximum Gasteiger partial charge on any atom is 0.302 e. The van der Waals surface area contributed by atoms with Gasteiger partial charge in [0.2, 0.25) is 0 Å². The first-order chi connectivity index (χ1) is 31.2. The maximum atomic E-state index is 12.2. The lowest BCUT2D eigenvalue weighted by molar-refractivity contribution is -0.126. The molecule has 4 N–H and O–H groups in total.